The van der Waals surface area contributed by atoms with Crippen molar-refractivity contribution >= 4 is 17.5 Å². The number of hydrogen-bond acceptors (Lipinski definition) is 3. The highest BCUT2D eigenvalue weighted by Gasteiger charge is 2.43. The van der Waals surface area contributed by atoms with E-state index in [1.807, 2.05) is 30.0 Å². The molecule has 0 aliphatic heterocycles. The van der Waals surface area contributed by atoms with Gasteiger partial charge in [0.1, 0.15) is 6.61 Å². The first kappa shape index (κ1) is 24.1. The van der Waals surface area contributed by atoms with E-state index in [1.54, 1.807) is 0 Å². The maximum atomic E-state index is 5.65. The van der Waals surface area contributed by atoms with E-state index in [-0.39, 0.29) is 5.41 Å². The summed E-state index contributed by atoms with van der Waals surface area (Å²) in [4.78, 5) is 8.28. The van der Waals surface area contributed by atoms with E-state index < -0.39 is 0 Å². The molecule has 6 rings (SSSR count). The Bertz CT molecular complexity index is 1400. The fourth-order valence-corrected chi connectivity index (χ4v) is 7.01. The topological polar surface area (TPSA) is 21.6 Å². The summed E-state index contributed by atoms with van der Waals surface area (Å²) in [7, 11) is 0. The lowest BCUT2D eigenvalue weighted by Crippen LogP contribution is -2.28. The zero-order valence-corrected chi connectivity index (χ0v) is 22.3. The van der Waals surface area contributed by atoms with Gasteiger partial charge < -0.3 is 4.84 Å². The fraction of sp³-hybridized carbons (Fsp3) is 0.265. The maximum Gasteiger partial charge on any atom is 0.142 e. The van der Waals surface area contributed by atoms with Crippen LogP contribution in [0.5, 0.6) is 0 Å². The second kappa shape index (κ2) is 10.6. The van der Waals surface area contributed by atoms with E-state index in [4.69, 9.17) is 4.84 Å². The van der Waals surface area contributed by atoms with Crippen molar-refractivity contribution in [2.75, 3.05) is 0 Å². The van der Waals surface area contributed by atoms with Crippen molar-refractivity contribution in [2.45, 2.75) is 67.3 Å². The van der Waals surface area contributed by atoms with Gasteiger partial charge in [0.05, 0.1) is 5.71 Å². The van der Waals surface area contributed by atoms with Gasteiger partial charge in [0.15, 0.2) is 0 Å². The molecule has 1 fully saturated rings. The van der Waals surface area contributed by atoms with Crippen LogP contribution in [-0.2, 0) is 23.3 Å². The van der Waals surface area contributed by atoms with Crippen LogP contribution in [0.1, 0.15) is 61.3 Å². The van der Waals surface area contributed by atoms with E-state index in [2.05, 4.69) is 90.9 Å². The minimum absolute atomic E-state index is 0.140. The first-order chi connectivity index (χ1) is 18.2. The molecular formula is C34H33NOS. The molecule has 0 amide bonds. The standard InChI is InChI=1S/C34H33NOS/c1-25(35-36-24-26-11-5-2-6-12-26)21-27-15-17-30-31-18-16-29(37-28-13-7-3-8-14-28)23-33(31)34(32(30)22-27)19-9-4-10-20-34/h2-3,5-8,11-18,22-23H,4,9-10,19-21,24H2,1H3. The second-order valence-corrected chi connectivity index (χ2v) is 11.6. The summed E-state index contributed by atoms with van der Waals surface area (Å²) in [5.74, 6) is 0. The van der Waals surface area contributed by atoms with Crippen molar-refractivity contribution in [3.05, 3.63) is 119 Å². The number of rotatable bonds is 7. The molecule has 37 heavy (non-hydrogen) atoms. The van der Waals surface area contributed by atoms with Gasteiger partial charge in [-0.2, -0.15) is 0 Å². The van der Waals surface area contributed by atoms with Crippen LogP contribution in [-0.4, -0.2) is 5.71 Å². The van der Waals surface area contributed by atoms with Crippen molar-refractivity contribution < 1.29 is 4.84 Å². The average Bonchev–Trinajstić information content (AvgIpc) is 3.18. The Morgan fingerprint density at radius 2 is 1.41 bits per heavy atom. The summed E-state index contributed by atoms with van der Waals surface area (Å²) >= 11 is 1.87. The van der Waals surface area contributed by atoms with E-state index in [1.165, 1.54) is 69.7 Å². The van der Waals surface area contributed by atoms with Crippen LogP contribution < -0.4 is 0 Å². The maximum absolute atomic E-state index is 5.65. The third kappa shape index (κ3) is 4.98. The van der Waals surface area contributed by atoms with E-state index in [0.29, 0.717) is 6.61 Å². The Balaban J connectivity index is 1.27. The van der Waals surface area contributed by atoms with Gasteiger partial charge in [0.2, 0.25) is 0 Å². The molecule has 2 aliphatic rings. The smallest absolute Gasteiger partial charge is 0.142 e. The predicted molar refractivity (Wildman–Crippen MR) is 154 cm³/mol. The SMILES string of the molecule is CC(Cc1ccc2c(c1)C1(CCCCC1)c1cc(Sc3ccccc3)ccc1-2)=NOCc1ccccc1. The molecule has 0 saturated heterocycles. The van der Waals surface area contributed by atoms with Crippen molar-refractivity contribution in [1.29, 1.82) is 0 Å². The quantitative estimate of drug-likeness (QED) is 0.185. The molecule has 0 atom stereocenters. The largest absolute Gasteiger partial charge is 0.391 e. The number of hydrogen-bond donors (Lipinski definition) is 0. The highest BCUT2D eigenvalue weighted by Crippen LogP contribution is 2.56. The lowest BCUT2D eigenvalue weighted by atomic mass is 9.67. The normalized spacial score (nSPS) is 15.9. The molecule has 0 aromatic heterocycles. The molecule has 4 aromatic carbocycles. The molecular weight excluding hydrogens is 470 g/mol. The van der Waals surface area contributed by atoms with E-state index >= 15 is 0 Å². The summed E-state index contributed by atoms with van der Waals surface area (Å²) in [5.41, 5.74) is 9.52. The van der Waals surface area contributed by atoms with Crippen molar-refractivity contribution in [3.8, 4) is 11.1 Å². The van der Waals surface area contributed by atoms with Crippen LogP contribution in [0.3, 0.4) is 0 Å². The lowest BCUT2D eigenvalue weighted by molar-refractivity contribution is 0.130. The van der Waals surface area contributed by atoms with Crippen LogP contribution in [0.4, 0.5) is 0 Å². The molecule has 4 aromatic rings. The Kier molecular flexibility index (Phi) is 6.89. The summed E-state index contributed by atoms with van der Waals surface area (Å²) in [5, 5.41) is 4.42. The van der Waals surface area contributed by atoms with Crippen LogP contribution >= 0.6 is 11.8 Å². The number of benzene rings is 4. The molecule has 1 spiro atoms. The average molecular weight is 504 g/mol. The van der Waals surface area contributed by atoms with Crippen molar-refractivity contribution in [2.24, 2.45) is 5.16 Å². The fourth-order valence-electron chi connectivity index (χ4n) is 6.13. The number of oxime groups is 1. The molecule has 0 heterocycles. The second-order valence-electron chi connectivity index (χ2n) is 10.4. The first-order valence-corrected chi connectivity index (χ1v) is 14.2. The van der Waals surface area contributed by atoms with Crippen molar-refractivity contribution in [3.63, 3.8) is 0 Å². The van der Waals surface area contributed by atoms with Gasteiger partial charge in [-0.3, -0.25) is 0 Å². The Labute approximate surface area is 224 Å². The first-order valence-electron chi connectivity index (χ1n) is 13.4. The summed E-state index contributed by atoms with van der Waals surface area (Å²) < 4.78 is 0. The lowest BCUT2D eigenvalue weighted by Gasteiger charge is -2.36. The molecule has 2 nitrogen and oxygen atoms in total. The molecule has 2 aliphatic carbocycles. The van der Waals surface area contributed by atoms with Gasteiger partial charge in [-0.05, 0) is 77.4 Å². The zero-order valence-electron chi connectivity index (χ0n) is 21.5. The molecule has 1 saturated carbocycles. The number of nitrogens with zero attached hydrogens (tertiary/aromatic N) is 1. The Hall–Kier alpha value is -3.30. The summed E-state index contributed by atoms with van der Waals surface area (Å²) in [6, 6.07) is 35.2. The van der Waals surface area contributed by atoms with E-state index in [9.17, 15) is 0 Å². The van der Waals surface area contributed by atoms with Gasteiger partial charge >= 0.3 is 0 Å². The third-order valence-corrected chi connectivity index (χ3v) is 8.83. The minimum Gasteiger partial charge on any atom is -0.391 e. The zero-order chi connectivity index (χ0) is 25.1. The van der Waals surface area contributed by atoms with Crippen LogP contribution in [0, 0.1) is 0 Å². The summed E-state index contributed by atoms with van der Waals surface area (Å²) in [6.45, 7) is 2.57. The van der Waals surface area contributed by atoms with Gasteiger partial charge in [0, 0.05) is 21.6 Å². The van der Waals surface area contributed by atoms with Crippen LogP contribution in [0.15, 0.2) is 112 Å². The predicted octanol–water partition coefficient (Wildman–Crippen LogP) is 9.20. The van der Waals surface area contributed by atoms with Gasteiger partial charge in [0.25, 0.3) is 0 Å². The molecule has 0 bridgehead atoms. The number of fused-ring (bicyclic) bond motifs is 5. The highest BCUT2D eigenvalue weighted by atomic mass is 32.2. The Morgan fingerprint density at radius 1 is 0.730 bits per heavy atom. The molecule has 0 unspecified atom stereocenters. The monoisotopic (exact) mass is 503 g/mol. The van der Waals surface area contributed by atoms with E-state index in [0.717, 1.165) is 17.7 Å². The molecule has 186 valence electrons. The van der Waals surface area contributed by atoms with Gasteiger partial charge in [-0.25, -0.2) is 0 Å². The third-order valence-electron chi connectivity index (χ3n) is 7.84. The van der Waals surface area contributed by atoms with Gasteiger partial charge in [-0.15, -0.1) is 0 Å². The van der Waals surface area contributed by atoms with Crippen LogP contribution in [0.25, 0.3) is 11.1 Å². The molecule has 3 heteroatoms. The highest BCUT2D eigenvalue weighted by molar-refractivity contribution is 7.99. The minimum atomic E-state index is 0.140. The molecule has 0 radical (unpaired) electrons. The van der Waals surface area contributed by atoms with Crippen molar-refractivity contribution in [1.82, 2.24) is 0 Å². The Morgan fingerprint density at radius 3 is 2.16 bits per heavy atom. The molecule has 0 N–H and O–H groups in total. The van der Waals surface area contributed by atoms with Gasteiger partial charge in [-0.1, -0.05) is 109 Å². The van der Waals surface area contributed by atoms with Crippen LogP contribution in [0.2, 0.25) is 0 Å². The summed E-state index contributed by atoms with van der Waals surface area (Å²) in [6.07, 6.45) is 7.23.